The Balaban J connectivity index is 1.82. The first-order valence-corrected chi connectivity index (χ1v) is 7.26. The predicted molar refractivity (Wildman–Crippen MR) is 82.0 cm³/mol. The van der Waals surface area contributed by atoms with E-state index in [4.69, 9.17) is 4.74 Å². The summed E-state index contributed by atoms with van der Waals surface area (Å²) >= 11 is 0. The Labute approximate surface area is 136 Å². The minimum absolute atomic E-state index is 0.0253. The van der Waals surface area contributed by atoms with Crippen LogP contribution in [0.2, 0.25) is 0 Å². The molecule has 0 spiro atoms. The molecule has 0 heterocycles. The molecular weight excluding hydrogens is 326 g/mol. The zero-order valence-electron chi connectivity index (χ0n) is 12.7. The lowest BCUT2D eigenvalue weighted by molar-refractivity contribution is -0.137. The summed E-state index contributed by atoms with van der Waals surface area (Å²) in [6.45, 7) is 0.144. The molecule has 0 aliphatic heterocycles. The van der Waals surface area contributed by atoms with Gasteiger partial charge in [-0.2, -0.15) is 13.2 Å². The molecule has 0 fully saturated rings. The van der Waals surface area contributed by atoms with Crippen molar-refractivity contribution in [3.63, 3.8) is 0 Å². The van der Waals surface area contributed by atoms with Gasteiger partial charge >= 0.3 is 6.18 Å². The highest BCUT2D eigenvalue weighted by molar-refractivity contribution is 5.48. The zero-order chi connectivity index (χ0) is 17.6. The molecule has 2 aromatic rings. The van der Waals surface area contributed by atoms with Gasteiger partial charge in [-0.1, -0.05) is 30.3 Å². The molecule has 0 amide bonds. The van der Waals surface area contributed by atoms with Crippen molar-refractivity contribution in [2.75, 3.05) is 18.5 Å². The van der Waals surface area contributed by atoms with Crippen LogP contribution in [-0.4, -0.2) is 24.4 Å². The van der Waals surface area contributed by atoms with Crippen molar-refractivity contribution < 1.29 is 27.4 Å². The molecule has 0 radical (unpaired) electrons. The molecule has 0 aromatic heterocycles. The van der Waals surface area contributed by atoms with E-state index in [2.05, 4.69) is 5.32 Å². The largest absolute Gasteiger partial charge is 0.416 e. The van der Waals surface area contributed by atoms with Gasteiger partial charge in [0, 0.05) is 6.54 Å². The number of rotatable bonds is 7. The topological polar surface area (TPSA) is 41.5 Å². The van der Waals surface area contributed by atoms with Crippen molar-refractivity contribution in [1.29, 1.82) is 0 Å². The number of aliphatic hydroxyl groups excluding tert-OH is 1. The van der Waals surface area contributed by atoms with Gasteiger partial charge in [0.1, 0.15) is 5.82 Å². The van der Waals surface area contributed by atoms with Gasteiger partial charge in [0.25, 0.3) is 0 Å². The van der Waals surface area contributed by atoms with Crippen molar-refractivity contribution in [2.24, 2.45) is 0 Å². The van der Waals surface area contributed by atoms with E-state index in [1.807, 2.05) is 30.3 Å². The molecule has 7 heteroatoms. The number of anilines is 1. The third-order valence-electron chi connectivity index (χ3n) is 3.24. The van der Waals surface area contributed by atoms with Crippen LogP contribution in [0.1, 0.15) is 11.1 Å². The molecule has 0 saturated carbocycles. The zero-order valence-corrected chi connectivity index (χ0v) is 12.7. The molecule has 2 aromatic carbocycles. The van der Waals surface area contributed by atoms with E-state index >= 15 is 0 Å². The molecular formula is C17H17F4NO2. The van der Waals surface area contributed by atoms with Crippen LogP contribution in [0.4, 0.5) is 23.2 Å². The quantitative estimate of drug-likeness (QED) is 0.751. The number of ether oxygens (including phenoxy) is 1. The van der Waals surface area contributed by atoms with Crippen LogP contribution >= 0.6 is 0 Å². The van der Waals surface area contributed by atoms with Crippen molar-refractivity contribution >= 4 is 5.69 Å². The molecule has 1 unspecified atom stereocenters. The average molecular weight is 343 g/mol. The molecule has 2 N–H and O–H groups in total. The highest BCUT2D eigenvalue weighted by Crippen LogP contribution is 2.31. The van der Waals surface area contributed by atoms with Crippen molar-refractivity contribution in [1.82, 2.24) is 0 Å². The van der Waals surface area contributed by atoms with Gasteiger partial charge in [-0.15, -0.1) is 0 Å². The Bertz CT molecular complexity index is 647. The third kappa shape index (κ3) is 5.50. The summed E-state index contributed by atoms with van der Waals surface area (Å²) < 4.78 is 56.7. The van der Waals surface area contributed by atoms with Gasteiger partial charge in [-0.05, 0) is 23.8 Å². The van der Waals surface area contributed by atoms with Gasteiger partial charge in [0.05, 0.1) is 30.6 Å². The first kappa shape index (κ1) is 18.2. The summed E-state index contributed by atoms with van der Waals surface area (Å²) in [4.78, 5) is 0. The monoisotopic (exact) mass is 343 g/mol. The second kappa shape index (κ2) is 8.12. The van der Waals surface area contributed by atoms with Crippen LogP contribution in [-0.2, 0) is 17.5 Å². The number of hydrogen-bond donors (Lipinski definition) is 2. The van der Waals surface area contributed by atoms with Crippen LogP contribution < -0.4 is 5.32 Å². The van der Waals surface area contributed by atoms with Crippen molar-refractivity contribution in [3.8, 4) is 0 Å². The van der Waals surface area contributed by atoms with E-state index in [0.29, 0.717) is 18.7 Å². The van der Waals surface area contributed by atoms with Gasteiger partial charge in [-0.3, -0.25) is 0 Å². The predicted octanol–water partition coefficient (Wildman–Crippen LogP) is 3.83. The van der Waals surface area contributed by atoms with Crippen molar-refractivity contribution in [2.45, 2.75) is 18.9 Å². The minimum atomic E-state index is -4.55. The summed E-state index contributed by atoms with van der Waals surface area (Å²) in [6.07, 6.45) is -5.54. The Kier molecular flexibility index (Phi) is 6.16. The number of hydrogen-bond acceptors (Lipinski definition) is 3. The first-order valence-electron chi connectivity index (χ1n) is 7.26. The van der Waals surface area contributed by atoms with Gasteiger partial charge in [0.2, 0.25) is 0 Å². The fraction of sp³-hybridized carbons (Fsp3) is 0.294. The fourth-order valence-electron chi connectivity index (χ4n) is 2.01. The average Bonchev–Trinajstić information content (AvgIpc) is 2.54. The molecule has 0 saturated heterocycles. The van der Waals surface area contributed by atoms with Crippen LogP contribution in [0.3, 0.4) is 0 Å². The smallest absolute Gasteiger partial charge is 0.389 e. The normalized spacial score (nSPS) is 12.9. The molecule has 0 bridgehead atoms. The van der Waals surface area contributed by atoms with Crippen molar-refractivity contribution in [3.05, 3.63) is 65.5 Å². The summed E-state index contributed by atoms with van der Waals surface area (Å²) in [6, 6.07) is 11.4. The third-order valence-corrected chi connectivity index (χ3v) is 3.24. The molecule has 2 rings (SSSR count). The van der Waals surface area contributed by atoms with E-state index < -0.39 is 23.7 Å². The summed E-state index contributed by atoms with van der Waals surface area (Å²) in [7, 11) is 0. The van der Waals surface area contributed by atoms with E-state index in [0.717, 1.165) is 11.6 Å². The van der Waals surface area contributed by atoms with Crippen LogP contribution in [0.15, 0.2) is 48.5 Å². The van der Waals surface area contributed by atoms with E-state index in [1.165, 1.54) is 0 Å². The molecule has 130 valence electrons. The number of nitrogens with one attached hydrogen (secondary N) is 1. The van der Waals surface area contributed by atoms with E-state index in [1.54, 1.807) is 0 Å². The van der Waals surface area contributed by atoms with Crippen LogP contribution in [0.5, 0.6) is 0 Å². The maximum Gasteiger partial charge on any atom is 0.416 e. The summed E-state index contributed by atoms with van der Waals surface area (Å²) in [5.41, 5.74) is -0.338. The maximum atomic E-state index is 13.5. The number of aliphatic hydroxyl groups is 1. The van der Waals surface area contributed by atoms with E-state index in [-0.39, 0.29) is 18.8 Å². The lowest BCUT2D eigenvalue weighted by atomic mass is 10.2. The Hall–Kier alpha value is -2.12. The summed E-state index contributed by atoms with van der Waals surface area (Å²) in [5, 5.41) is 12.2. The number of halogens is 4. The lowest BCUT2D eigenvalue weighted by Crippen LogP contribution is -2.25. The minimum Gasteiger partial charge on any atom is -0.389 e. The maximum absolute atomic E-state index is 13.5. The Morgan fingerprint density at radius 3 is 2.46 bits per heavy atom. The standard InChI is InChI=1S/C17H17F4NO2/c18-15-7-6-13(17(19,20)21)8-16(15)22-9-14(23)11-24-10-12-4-2-1-3-5-12/h1-8,14,22-23H,9-11H2. The number of benzene rings is 2. The molecule has 24 heavy (non-hydrogen) atoms. The molecule has 0 aliphatic carbocycles. The number of alkyl halides is 3. The Morgan fingerprint density at radius 2 is 1.79 bits per heavy atom. The second-order valence-corrected chi connectivity index (χ2v) is 5.23. The Morgan fingerprint density at radius 1 is 1.08 bits per heavy atom. The van der Waals surface area contributed by atoms with Gasteiger partial charge in [-0.25, -0.2) is 4.39 Å². The summed E-state index contributed by atoms with van der Waals surface area (Å²) in [5.74, 6) is -0.819. The molecule has 3 nitrogen and oxygen atoms in total. The highest BCUT2D eigenvalue weighted by atomic mass is 19.4. The van der Waals surface area contributed by atoms with E-state index in [9.17, 15) is 22.7 Å². The van der Waals surface area contributed by atoms with Crippen LogP contribution in [0.25, 0.3) is 0 Å². The molecule has 1 atom stereocenters. The second-order valence-electron chi connectivity index (χ2n) is 5.23. The van der Waals surface area contributed by atoms with Crippen LogP contribution in [0, 0.1) is 5.82 Å². The van der Waals surface area contributed by atoms with Gasteiger partial charge < -0.3 is 15.2 Å². The SMILES string of the molecule is OC(CNc1cc(C(F)(F)F)ccc1F)COCc1ccccc1. The van der Waals surface area contributed by atoms with Gasteiger partial charge in [0.15, 0.2) is 0 Å². The highest BCUT2D eigenvalue weighted by Gasteiger charge is 2.31. The lowest BCUT2D eigenvalue weighted by Gasteiger charge is -2.15. The molecule has 0 aliphatic rings. The first-order chi connectivity index (χ1) is 11.4. The fourth-order valence-corrected chi connectivity index (χ4v) is 2.01.